The van der Waals surface area contributed by atoms with Gasteiger partial charge in [-0.2, -0.15) is 0 Å². The second-order valence-electron chi connectivity index (χ2n) is 4.46. The van der Waals surface area contributed by atoms with Gasteiger partial charge in [0.2, 0.25) is 5.91 Å². The number of hydrogen-bond acceptors (Lipinski definition) is 2. The van der Waals surface area contributed by atoms with Crippen molar-refractivity contribution in [1.82, 2.24) is 5.32 Å². The average molecular weight is 232 g/mol. The van der Waals surface area contributed by atoms with E-state index in [9.17, 15) is 4.79 Å². The lowest BCUT2D eigenvalue weighted by Gasteiger charge is -2.19. The number of benzene rings is 1. The maximum absolute atomic E-state index is 11.4. The minimum absolute atomic E-state index is 0.0564. The van der Waals surface area contributed by atoms with E-state index in [1.807, 2.05) is 6.92 Å². The monoisotopic (exact) mass is 232 g/mol. The van der Waals surface area contributed by atoms with E-state index in [0.29, 0.717) is 13.1 Å². The number of carbonyl (C=O) groups is 1. The molecule has 92 valence electrons. The van der Waals surface area contributed by atoms with Crippen molar-refractivity contribution in [2.75, 3.05) is 18.4 Å². The van der Waals surface area contributed by atoms with Crippen LogP contribution in [-0.2, 0) is 17.6 Å². The van der Waals surface area contributed by atoms with E-state index in [4.69, 9.17) is 0 Å². The first kappa shape index (κ1) is 12.0. The van der Waals surface area contributed by atoms with Gasteiger partial charge in [0.15, 0.2) is 0 Å². The Morgan fingerprint density at radius 2 is 2.12 bits per heavy atom. The number of hydrogen-bond donors (Lipinski definition) is 2. The summed E-state index contributed by atoms with van der Waals surface area (Å²) < 4.78 is 0. The fourth-order valence-corrected chi connectivity index (χ4v) is 2.38. The van der Waals surface area contributed by atoms with E-state index in [1.54, 1.807) is 0 Å². The smallest absolute Gasteiger partial charge is 0.239 e. The summed E-state index contributed by atoms with van der Waals surface area (Å²) in [5.41, 5.74) is 3.98. The highest BCUT2D eigenvalue weighted by molar-refractivity contribution is 5.81. The number of likely N-dealkylation sites (N-methyl/N-ethyl adjacent to an activating group) is 1. The van der Waals surface area contributed by atoms with Gasteiger partial charge in [-0.15, -0.1) is 0 Å². The van der Waals surface area contributed by atoms with E-state index in [1.165, 1.54) is 30.4 Å². The molecule has 0 saturated carbocycles. The van der Waals surface area contributed by atoms with Gasteiger partial charge in [0.1, 0.15) is 0 Å². The Kier molecular flexibility index (Phi) is 4.02. The quantitative estimate of drug-likeness (QED) is 0.835. The van der Waals surface area contributed by atoms with Crippen molar-refractivity contribution in [3.05, 3.63) is 29.3 Å². The molecule has 1 amide bonds. The molecule has 0 aliphatic heterocycles. The maximum Gasteiger partial charge on any atom is 0.239 e. The van der Waals surface area contributed by atoms with Crippen LogP contribution in [0.25, 0.3) is 0 Å². The Bertz CT molecular complexity index is 401. The Labute approximate surface area is 103 Å². The molecule has 1 aromatic carbocycles. The van der Waals surface area contributed by atoms with Crippen molar-refractivity contribution in [2.24, 2.45) is 0 Å². The Morgan fingerprint density at radius 3 is 2.94 bits per heavy atom. The summed E-state index contributed by atoms with van der Waals surface area (Å²) in [5.74, 6) is 0.0564. The molecular formula is C14H20N2O. The lowest BCUT2D eigenvalue weighted by molar-refractivity contribution is -0.119. The average Bonchev–Trinajstić information content (AvgIpc) is 2.36. The summed E-state index contributed by atoms with van der Waals surface area (Å²) in [5, 5.41) is 6.04. The van der Waals surface area contributed by atoms with Crippen LogP contribution in [0.2, 0.25) is 0 Å². The van der Waals surface area contributed by atoms with Crippen LogP contribution >= 0.6 is 0 Å². The van der Waals surface area contributed by atoms with Crippen LogP contribution in [0.1, 0.15) is 30.9 Å². The Hall–Kier alpha value is -1.51. The van der Waals surface area contributed by atoms with Gasteiger partial charge < -0.3 is 10.6 Å². The van der Waals surface area contributed by atoms with Crippen molar-refractivity contribution >= 4 is 11.6 Å². The molecule has 1 aromatic rings. The SMILES string of the molecule is CCNC(=O)CNc1cccc2c1CCCC2. The Balaban J connectivity index is 2.03. The van der Waals surface area contributed by atoms with Crippen LogP contribution in [0.15, 0.2) is 18.2 Å². The lowest BCUT2D eigenvalue weighted by Crippen LogP contribution is -2.29. The van der Waals surface area contributed by atoms with Crippen LogP contribution in [0.4, 0.5) is 5.69 Å². The van der Waals surface area contributed by atoms with Crippen LogP contribution in [0, 0.1) is 0 Å². The van der Waals surface area contributed by atoms with Crippen molar-refractivity contribution in [3.8, 4) is 0 Å². The number of fused-ring (bicyclic) bond motifs is 1. The minimum atomic E-state index is 0.0564. The molecule has 0 saturated heterocycles. The molecule has 3 nitrogen and oxygen atoms in total. The fourth-order valence-electron chi connectivity index (χ4n) is 2.38. The first-order valence-corrected chi connectivity index (χ1v) is 6.42. The van der Waals surface area contributed by atoms with Gasteiger partial charge in [-0.1, -0.05) is 12.1 Å². The van der Waals surface area contributed by atoms with Crippen LogP contribution in [0.3, 0.4) is 0 Å². The third-order valence-corrected chi connectivity index (χ3v) is 3.21. The van der Waals surface area contributed by atoms with Gasteiger partial charge in [0.25, 0.3) is 0 Å². The van der Waals surface area contributed by atoms with Crippen molar-refractivity contribution in [1.29, 1.82) is 0 Å². The highest BCUT2D eigenvalue weighted by Crippen LogP contribution is 2.27. The van der Waals surface area contributed by atoms with E-state index >= 15 is 0 Å². The van der Waals surface area contributed by atoms with Gasteiger partial charge in [-0.05, 0) is 49.8 Å². The standard InChI is InChI=1S/C14H20N2O/c1-2-15-14(17)10-16-13-9-5-7-11-6-3-4-8-12(11)13/h5,7,9,16H,2-4,6,8,10H2,1H3,(H,15,17). The molecule has 0 fully saturated rings. The number of carbonyl (C=O) groups excluding carboxylic acids is 1. The third-order valence-electron chi connectivity index (χ3n) is 3.21. The summed E-state index contributed by atoms with van der Waals surface area (Å²) in [4.78, 5) is 11.4. The molecule has 0 radical (unpaired) electrons. The normalized spacial score (nSPS) is 13.9. The number of aryl methyl sites for hydroxylation is 1. The molecule has 2 N–H and O–H groups in total. The molecule has 0 aromatic heterocycles. The van der Waals surface area contributed by atoms with Crippen LogP contribution in [-0.4, -0.2) is 19.0 Å². The van der Waals surface area contributed by atoms with Crippen molar-refractivity contribution in [2.45, 2.75) is 32.6 Å². The van der Waals surface area contributed by atoms with Gasteiger partial charge in [0.05, 0.1) is 6.54 Å². The van der Waals surface area contributed by atoms with Gasteiger partial charge in [-0.3, -0.25) is 4.79 Å². The zero-order valence-electron chi connectivity index (χ0n) is 10.4. The second kappa shape index (κ2) is 5.71. The number of amides is 1. The molecule has 17 heavy (non-hydrogen) atoms. The molecular weight excluding hydrogens is 212 g/mol. The molecule has 0 atom stereocenters. The summed E-state index contributed by atoms with van der Waals surface area (Å²) in [6.07, 6.45) is 4.85. The van der Waals surface area contributed by atoms with E-state index in [0.717, 1.165) is 12.1 Å². The predicted octanol–water partition coefficient (Wildman–Crippen LogP) is 2.11. The molecule has 1 aliphatic rings. The number of anilines is 1. The van der Waals surface area contributed by atoms with Crippen LogP contribution in [0.5, 0.6) is 0 Å². The highest BCUT2D eigenvalue weighted by atomic mass is 16.1. The number of nitrogens with one attached hydrogen (secondary N) is 2. The number of rotatable bonds is 4. The highest BCUT2D eigenvalue weighted by Gasteiger charge is 2.12. The van der Waals surface area contributed by atoms with E-state index < -0.39 is 0 Å². The summed E-state index contributed by atoms with van der Waals surface area (Å²) in [7, 11) is 0. The van der Waals surface area contributed by atoms with Gasteiger partial charge in [-0.25, -0.2) is 0 Å². The van der Waals surface area contributed by atoms with E-state index in [2.05, 4.69) is 28.8 Å². The third kappa shape index (κ3) is 2.99. The minimum Gasteiger partial charge on any atom is -0.376 e. The summed E-state index contributed by atoms with van der Waals surface area (Å²) >= 11 is 0. The molecule has 0 unspecified atom stereocenters. The molecule has 1 aliphatic carbocycles. The summed E-state index contributed by atoms with van der Waals surface area (Å²) in [6, 6.07) is 6.35. The fraction of sp³-hybridized carbons (Fsp3) is 0.500. The largest absolute Gasteiger partial charge is 0.376 e. The second-order valence-corrected chi connectivity index (χ2v) is 4.46. The van der Waals surface area contributed by atoms with Crippen molar-refractivity contribution in [3.63, 3.8) is 0 Å². The maximum atomic E-state index is 11.4. The topological polar surface area (TPSA) is 41.1 Å². The predicted molar refractivity (Wildman–Crippen MR) is 70.3 cm³/mol. The molecule has 0 heterocycles. The van der Waals surface area contributed by atoms with E-state index in [-0.39, 0.29) is 5.91 Å². The van der Waals surface area contributed by atoms with Gasteiger partial charge in [0, 0.05) is 12.2 Å². The molecule has 2 rings (SSSR count). The van der Waals surface area contributed by atoms with Crippen molar-refractivity contribution < 1.29 is 4.79 Å². The molecule has 3 heteroatoms. The molecule has 0 spiro atoms. The van der Waals surface area contributed by atoms with Crippen LogP contribution < -0.4 is 10.6 Å². The molecule has 0 bridgehead atoms. The first-order valence-electron chi connectivity index (χ1n) is 6.42. The van der Waals surface area contributed by atoms with Gasteiger partial charge >= 0.3 is 0 Å². The first-order chi connectivity index (χ1) is 8.31. The zero-order valence-corrected chi connectivity index (χ0v) is 10.4. The Morgan fingerprint density at radius 1 is 1.29 bits per heavy atom. The zero-order chi connectivity index (χ0) is 12.1. The lowest BCUT2D eigenvalue weighted by atomic mass is 9.90. The summed E-state index contributed by atoms with van der Waals surface area (Å²) in [6.45, 7) is 2.99.